The average molecular weight is 386 g/mol. The van der Waals surface area contributed by atoms with Gasteiger partial charge in [-0.2, -0.15) is 0 Å². The van der Waals surface area contributed by atoms with Crippen molar-refractivity contribution < 1.29 is 23.5 Å². The van der Waals surface area contributed by atoms with Crippen LogP contribution in [-0.2, 0) is 9.59 Å². The lowest BCUT2D eigenvalue weighted by Crippen LogP contribution is -2.36. The van der Waals surface area contributed by atoms with Gasteiger partial charge in [0.05, 0.1) is 17.7 Å². The Morgan fingerprint density at radius 1 is 1.19 bits per heavy atom. The van der Waals surface area contributed by atoms with Crippen molar-refractivity contribution in [3.63, 3.8) is 0 Å². The molecule has 3 rings (SSSR count). The van der Waals surface area contributed by atoms with E-state index in [0.717, 1.165) is 4.90 Å². The third-order valence-corrected chi connectivity index (χ3v) is 4.66. The number of carbonyl (C=O) groups excluding carboxylic acids is 3. The zero-order valence-corrected chi connectivity index (χ0v) is 15.1. The number of rotatable bonds is 5. The number of carbonyl (C=O) groups is 3. The molecule has 0 saturated carbocycles. The molecule has 3 amide bonds. The normalized spacial score (nSPS) is 15.3. The molecular formula is C19H15FN2O4S. The lowest BCUT2D eigenvalue weighted by molar-refractivity contribution is -0.127. The molecule has 138 valence electrons. The zero-order chi connectivity index (χ0) is 19.4. The number of nitrogens with one attached hydrogen (secondary N) is 1. The molecule has 0 unspecified atom stereocenters. The molecule has 0 aromatic heterocycles. The molecule has 1 aliphatic rings. The summed E-state index contributed by atoms with van der Waals surface area (Å²) in [5.74, 6) is -1.23. The molecule has 2 aromatic carbocycles. The molecule has 27 heavy (non-hydrogen) atoms. The average Bonchev–Trinajstić information content (AvgIpc) is 2.91. The summed E-state index contributed by atoms with van der Waals surface area (Å²) in [5, 5.41) is 2.02. The predicted molar refractivity (Wildman–Crippen MR) is 101 cm³/mol. The first kappa shape index (κ1) is 18.7. The molecule has 0 atom stereocenters. The summed E-state index contributed by atoms with van der Waals surface area (Å²) in [6, 6.07) is 12.7. The number of halogens is 1. The van der Waals surface area contributed by atoms with Gasteiger partial charge in [-0.15, -0.1) is 0 Å². The second-order valence-corrected chi connectivity index (χ2v) is 6.53. The van der Waals surface area contributed by atoms with E-state index in [1.165, 1.54) is 31.4 Å². The Labute approximate surface area is 159 Å². The quantitative estimate of drug-likeness (QED) is 0.796. The number of ether oxygens (including phenoxy) is 1. The Bertz CT molecular complexity index is 945. The van der Waals surface area contributed by atoms with Gasteiger partial charge in [-0.05, 0) is 36.0 Å². The number of anilines is 1. The Hall–Kier alpha value is -3.13. The molecule has 1 heterocycles. The Kier molecular flexibility index (Phi) is 5.56. The topological polar surface area (TPSA) is 75.7 Å². The zero-order valence-electron chi connectivity index (χ0n) is 14.3. The fourth-order valence-corrected chi connectivity index (χ4v) is 3.28. The van der Waals surface area contributed by atoms with E-state index in [1.54, 1.807) is 30.3 Å². The highest BCUT2D eigenvalue weighted by atomic mass is 32.2. The summed E-state index contributed by atoms with van der Waals surface area (Å²) < 4.78 is 18.9. The van der Waals surface area contributed by atoms with Crippen molar-refractivity contribution in [2.75, 3.05) is 19.0 Å². The van der Waals surface area contributed by atoms with Crippen LogP contribution in [-0.4, -0.2) is 35.6 Å². The van der Waals surface area contributed by atoms with Crippen LogP contribution in [0.15, 0.2) is 53.4 Å². The number of hydrogen-bond acceptors (Lipinski definition) is 5. The standard InChI is InChI=1S/C19H15FN2O4S/c1-26-15-9-5-4-8-14(15)21-17(23)11-22-18(24)16(27-19(22)25)10-12-6-2-3-7-13(12)20/h2-10H,11H2,1H3,(H,21,23)/b16-10+. The highest BCUT2D eigenvalue weighted by molar-refractivity contribution is 8.18. The van der Waals surface area contributed by atoms with E-state index in [4.69, 9.17) is 4.74 Å². The number of hydrogen-bond donors (Lipinski definition) is 1. The van der Waals surface area contributed by atoms with Gasteiger partial charge in [-0.1, -0.05) is 30.3 Å². The SMILES string of the molecule is COc1ccccc1NC(=O)CN1C(=O)S/C(=C/c2ccccc2F)C1=O. The smallest absolute Gasteiger partial charge is 0.294 e. The van der Waals surface area contributed by atoms with Crippen molar-refractivity contribution in [1.29, 1.82) is 0 Å². The van der Waals surface area contributed by atoms with Gasteiger partial charge >= 0.3 is 0 Å². The monoisotopic (exact) mass is 386 g/mol. The van der Waals surface area contributed by atoms with E-state index >= 15 is 0 Å². The first-order valence-corrected chi connectivity index (χ1v) is 8.74. The minimum atomic E-state index is -0.636. The van der Waals surface area contributed by atoms with Crippen LogP contribution in [0.5, 0.6) is 5.75 Å². The van der Waals surface area contributed by atoms with Crippen LogP contribution < -0.4 is 10.1 Å². The largest absolute Gasteiger partial charge is 0.495 e. The molecule has 0 aliphatic carbocycles. The van der Waals surface area contributed by atoms with Crippen LogP contribution in [0.4, 0.5) is 14.9 Å². The molecule has 8 heteroatoms. The van der Waals surface area contributed by atoms with Crippen LogP contribution in [0.2, 0.25) is 0 Å². The molecule has 0 radical (unpaired) electrons. The first-order chi connectivity index (χ1) is 13.0. The maximum atomic E-state index is 13.7. The summed E-state index contributed by atoms with van der Waals surface area (Å²) in [6.07, 6.45) is 1.30. The molecule has 1 aliphatic heterocycles. The minimum Gasteiger partial charge on any atom is -0.495 e. The van der Waals surface area contributed by atoms with Crippen LogP contribution >= 0.6 is 11.8 Å². The maximum absolute atomic E-state index is 13.7. The third-order valence-electron chi connectivity index (χ3n) is 3.75. The minimum absolute atomic E-state index is 0.0650. The highest BCUT2D eigenvalue weighted by Gasteiger charge is 2.36. The lowest BCUT2D eigenvalue weighted by atomic mass is 10.2. The summed E-state index contributed by atoms with van der Waals surface area (Å²) in [4.78, 5) is 37.7. The third kappa shape index (κ3) is 4.17. The van der Waals surface area contributed by atoms with Crippen molar-refractivity contribution in [2.45, 2.75) is 0 Å². The number of imide groups is 1. The highest BCUT2D eigenvalue weighted by Crippen LogP contribution is 2.32. The van der Waals surface area contributed by atoms with E-state index < -0.39 is 29.4 Å². The lowest BCUT2D eigenvalue weighted by Gasteiger charge is -2.14. The van der Waals surface area contributed by atoms with Crippen LogP contribution in [0, 0.1) is 5.82 Å². The molecule has 1 fully saturated rings. The number of para-hydroxylation sites is 2. The number of thioether (sulfide) groups is 1. The molecule has 1 saturated heterocycles. The summed E-state index contributed by atoms with van der Waals surface area (Å²) in [5.41, 5.74) is 0.625. The number of methoxy groups -OCH3 is 1. The van der Waals surface area contributed by atoms with Crippen molar-refractivity contribution >= 4 is 40.6 Å². The van der Waals surface area contributed by atoms with Gasteiger partial charge in [-0.25, -0.2) is 4.39 Å². The van der Waals surface area contributed by atoms with Crippen LogP contribution in [0.3, 0.4) is 0 Å². The van der Waals surface area contributed by atoms with Crippen molar-refractivity contribution in [3.8, 4) is 5.75 Å². The maximum Gasteiger partial charge on any atom is 0.294 e. The fraction of sp³-hybridized carbons (Fsp3) is 0.105. The number of nitrogens with zero attached hydrogens (tertiary/aromatic N) is 1. The van der Waals surface area contributed by atoms with Gasteiger partial charge in [0.15, 0.2) is 0 Å². The Morgan fingerprint density at radius 2 is 1.89 bits per heavy atom. The van der Waals surface area contributed by atoms with Gasteiger partial charge in [0, 0.05) is 5.56 Å². The molecular weight excluding hydrogens is 371 g/mol. The molecule has 2 aromatic rings. The summed E-state index contributed by atoms with van der Waals surface area (Å²) in [7, 11) is 1.47. The predicted octanol–water partition coefficient (Wildman–Crippen LogP) is 3.51. The first-order valence-electron chi connectivity index (χ1n) is 7.92. The Morgan fingerprint density at radius 3 is 2.63 bits per heavy atom. The van der Waals surface area contributed by atoms with Gasteiger partial charge in [0.1, 0.15) is 18.1 Å². The van der Waals surface area contributed by atoms with E-state index in [9.17, 15) is 18.8 Å². The van der Waals surface area contributed by atoms with Crippen molar-refractivity contribution in [2.24, 2.45) is 0 Å². The number of benzene rings is 2. The van der Waals surface area contributed by atoms with E-state index in [2.05, 4.69) is 5.32 Å². The second kappa shape index (κ2) is 8.05. The van der Waals surface area contributed by atoms with Gasteiger partial charge in [-0.3, -0.25) is 19.3 Å². The van der Waals surface area contributed by atoms with Crippen LogP contribution in [0.25, 0.3) is 6.08 Å². The second-order valence-electron chi connectivity index (χ2n) is 5.54. The fourth-order valence-electron chi connectivity index (χ4n) is 2.45. The Balaban J connectivity index is 1.72. The van der Waals surface area contributed by atoms with E-state index in [1.807, 2.05) is 0 Å². The summed E-state index contributed by atoms with van der Waals surface area (Å²) >= 11 is 0.668. The summed E-state index contributed by atoms with van der Waals surface area (Å²) in [6.45, 7) is -0.447. The molecule has 6 nitrogen and oxygen atoms in total. The number of amides is 3. The van der Waals surface area contributed by atoms with Crippen molar-refractivity contribution in [3.05, 3.63) is 64.8 Å². The van der Waals surface area contributed by atoms with E-state index in [0.29, 0.717) is 23.2 Å². The van der Waals surface area contributed by atoms with E-state index in [-0.39, 0.29) is 10.5 Å². The molecule has 0 spiro atoms. The van der Waals surface area contributed by atoms with Gasteiger partial charge in [0.2, 0.25) is 5.91 Å². The van der Waals surface area contributed by atoms with Crippen LogP contribution in [0.1, 0.15) is 5.56 Å². The molecule has 0 bridgehead atoms. The van der Waals surface area contributed by atoms with Crippen molar-refractivity contribution in [1.82, 2.24) is 4.90 Å². The van der Waals surface area contributed by atoms with Gasteiger partial charge in [0.25, 0.3) is 11.1 Å². The van der Waals surface area contributed by atoms with Gasteiger partial charge < -0.3 is 10.1 Å². The molecule has 1 N–H and O–H groups in total.